The molecular weight excluding hydrogens is 235 g/mol. The molecule has 3 N–H and O–H groups in total. The van der Waals surface area contributed by atoms with E-state index in [1.54, 1.807) is 0 Å². The van der Waals surface area contributed by atoms with E-state index >= 15 is 0 Å². The lowest BCUT2D eigenvalue weighted by atomic mass is 10.1. The van der Waals surface area contributed by atoms with Gasteiger partial charge in [-0.2, -0.15) is 0 Å². The van der Waals surface area contributed by atoms with Gasteiger partial charge in [-0.15, -0.1) is 0 Å². The Hall–Kier alpha value is -2.04. The molecule has 1 aromatic carbocycles. The average molecular weight is 250 g/mol. The second-order valence-corrected chi connectivity index (χ2v) is 4.42. The minimum Gasteiger partial charge on any atom is -0.478 e. The minimum absolute atomic E-state index is 0.148. The molecule has 0 saturated carbocycles. The van der Waals surface area contributed by atoms with Crippen molar-refractivity contribution >= 4 is 17.3 Å². The zero-order valence-electron chi connectivity index (χ0n) is 10.1. The smallest absolute Gasteiger partial charge is 0.340 e. The van der Waals surface area contributed by atoms with E-state index in [0.29, 0.717) is 18.8 Å². The van der Waals surface area contributed by atoms with E-state index in [4.69, 9.17) is 5.73 Å². The molecule has 0 saturated heterocycles. The first-order valence-corrected chi connectivity index (χ1v) is 5.72. The number of hydrogen-bond acceptors (Lipinski definition) is 3. The van der Waals surface area contributed by atoms with E-state index in [1.165, 1.54) is 17.7 Å². The number of benzene rings is 1. The Labute approximate surface area is 105 Å². The molecule has 0 amide bonds. The highest BCUT2D eigenvalue weighted by molar-refractivity contribution is 6.00. The van der Waals surface area contributed by atoms with Gasteiger partial charge in [0.15, 0.2) is 0 Å². The van der Waals surface area contributed by atoms with Crippen LogP contribution in [0.25, 0.3) is 0 Å². The van der Waals surface area contributed by atoms with Crippen molar-refractivity contribution in [3.05, 3.63) is 35.2 Å². The fourth-order valence-corrected chi connectivity index (χ4v) is 2.19. The fourth-order valence-electron chi connectivity index (χ4n) is 2.19. The predicted molar refractivity (Wildman–Crippen MR) is 68.4 cm³/mol. The third-order valence-corrected chi connectivity index (χ3v) is 3.06. The Bertz CT molecular complexity index is 526. The number of halogens is 1. The zero-order valence-corrected chi connectivity index (χ0v) is 10.1. The van der Waals surface area contributed by atoms with Crippen molar-refractivity contribution in [2.45, 2.75) is 13.3 Å². The fraction of sp³-hybridized carbons (Fsp3) is 0.308. The summed E-state index contributed by atoms with van der Waals surface area (Å²) in [7, 11) is 0. The Morgan fingerprint density at radius 2 is 2.22 bits per heavy atom. The molecule has 18 heavy (non-hydrogen) atoms. The number of rotatable bonds is 2. The lowest BCUT2D eigenvalue weighted by Crippen LogP contribution is -2.31. The van der Waals surface area contributed by atoms with Crippen molar-refractivity contribution < 1.29 is 14.3 Å². The van der Waals surface area contributed by atoms with Crippen LogP contribution >= 0.6 is 0 Å². The molecule has 0 unspecified atom stereocenters. The minimum atomic E-state index is -1.20. The van der Waals surface area contributed by atoms with Crippen molar-refractivity contribution in [2.75, 3.05) is 23.7 Å². The Morgan fingerprint density at radius 1 is 1.50 bits per heavy atom. The molecule has 0 atom stereocenters. The van der Waals surface area contributed by atoms with Gasteiger partial charge in [-0.05, 0) is 25.5 Å². The van der Waals surface area contributed by atoms with Gasteiger partial charge in [-0.1, -0.05) is 11.6 Å². The normalized spacial score (nSPS) is 15.4. The number of aromatic carboxylic acids is 1. The van der Waals surface area contributed by atoms with Crippen LogP contribution in [0.15, 0.2) is 23.8 Å². The Morgan fingerprint density at radius 3 is 2.83 bits per heavy atom. The number of nitrogens with zero attached hydrogens (tertiary/aromatic N) is 1. The van der Waals surface area contributed by atoms with Crippen LogP contribution in [0.4, 0.5) is 15.8 Å². The van der Waals surface area contributed by atoms with E-state index in [1.807, 2.05) is 11.8 Å². The highest BCUT2D eigenvalue weighted by Crippen LogP contribution is 2.30. The van der Waals surface area contributed by atoms with Gasteiger partial charge in [-0.25, -0.2) is 9.18 Å². The Kier molecular flexibility index (Phi) is 3.23. The molecule has 1 aliphatic rings. The van der Waals surface area contributed by atoms with Crippen LogP contribution in [0.5, 0.6) is 0 Å². The molecule has 0 aromatic heterocycles. The molecule has 1 heterocycles. The maximum Gasteiger partial charge on any atom is 0.340 e. The van der Waals surface area contributed by atoms with Gasteiger partial charge in [0.25, 0.3) is 0 Å². The van der Waals surface area contributed by atoms with Gasteiger partial charge in [0.05, 0.1) is 11.4 Å². The van der Waals surface area contributed by atoms with Crippen LogP contribution in [0, 0.1) is 5.82 Å². The highest BCUT2D eigenvalue weighted by Gasteiger charge is 2.22. The molecule has 1 aliphatic heterocycles. The Balaban J connectivity index is 2.48. The first kappa shape index (κ1) is 12.4. The number of nitrogen functional groups attached to an aromatic ring is 1. The maximum atomic E-state index is 13.3. The van der Waals surface area contributed by atoms with Crippen molar-refractivity contribution in [1.82, 2.24) is 0 Å². The third-order valence-electron chi connectivity index (χ3n) is 3.06. The highest BCUT2D eigenvalue weighted by atomic mass is 19.1. The molecule has 2 rings (SSSR count). The van der Waals surface area contributed by atoms with Crippen LogP contribution in [-0.2, 0) is 0 Å². The largest absolute Gasteiger partial charge is 0.478 e. The van der Waals surface area contributed by atoms with Crippen LogP contribution in [-0.4, -0.2) is 24.2 Å². The molecule has 0 bridgehead atoms. The zero-order chi connectivity index (χ0) is 13.3. The summed E-state index contributed by atoms with van der Waals surface area (Å²) < 4.78 is 13.3. The number of carboxylic acid groups (broad SMARTS) is 1. The second kappa shape index (κ2) is 4.68. The summed E-state index contributed by atoms with van der Waals surface area (Å²) in [5.41, 5.74) is 6.73. The number of carbonyl (C=O) groups is 1. The van der Waals surface area contributed by atoms with E-state index in [0.717, 1.165) is 6.42 Å². The van der Waals surface area contributed by atoms with Crippen LogP contribution < -0.4 is 10.6 Å². The summed E-state index contributed by atoms with van der Waals surface area (Å²) in [5.74, 6) is -1.89. The first-order valence-electron chi connectivity index (χ1n) is 5.72. The summed E-state index contributed by atoms with van der Waals surface area (Å²) in [4.78, 5) is 13.1. The predicted octanol–water partition coefficient (Wildman–Crippen LogP) is 2.26. The lowest BCUT2D eigenvalue weighted by Gasteiger charge is -2.29. The number of hydrogen-bond donors (Lipinski definition) is 2. The lowest BCUT2D eigenvalue weighted by molar-refractivity contribution is 0.0698. The summed E-state index contributed by atoms with van der Waals surface area (Å²) >= 11 is 0. The first-order chi connectivity index (χ1) is 8.50. The van der Waals surface area contributed by atoms with Gasteiger partial charge in [0.1, 0.15) is 11.4 Å². The summed E-state index contributed by atoms with van der Waals surface area (Å²) in [6, 6.07) is 2.69. The van der Waals surface area contributed by atoms with Crippen LogP contribution in [0.3, 0.4) is 0 Å². The van der Waals surface area contributed by atoms with Crippen molar-refractivity contribution in [3.8, 4) is 0 Å². The van der Waals surface area contributed by atoms with Gasteiger partial charge in [-0.3, -0.25) is 0 Å². The summed E-state index contributed by atoms with van der Waals surface area (Å²) in [5, 5.41) is 9.18. The summed E-state index contributed by atoms with van der Waals surface area (Å²) in [6.45, 7) is 3.34. The van der Waals surface area contributed by atoms with E-state index < -0.39 is 11.8 Å². The molecule has 4 nitrogen and oxygen atoms in total. The number of anilines is 2. The second-order valence-electron chi connectivity index (χ2n) is 4.42. The molecule has 1 aromatic rings. The van der Waals surface area contributed by atoms with Gasteiger partial charge in [0.2, 0.25) is 0 Å². The quantitative estimate of drug-likeness (QED) is 0.624. The van der Waals surface area contributed by atoms with Gasteiger partial charge >= 0.3 is 5.97 Å². The topological polar surface area (TPSA) is 66.6 Å². The van der Waals surface area contributed by atoms with Crippen molar-refractivity contribution in [2.24, 2.45) is 0 Å². The standard InChI is InChI=1S/C13H15FN2O2/c1-8-3-2-6-16(7-8)10-5-4-9(14)12(15)11(10)13(17)18/h3-5H,2,6-7,15H2,1H3,(H,17,18). The SMILES string of the molecule is CC1=CCCN(c2ccc(F)c(N)c2C(=O)O)C1. The molecule has 96 valence electrons. The van der Waals surface area contributed by atoms with E-state index in [2.05, 4.69) is 6.08 Å². The molecule has 0 radical (unpaired) electrons. The number of nitrogens with two attached hydrogens (primary N) is 1. The van der Waals surface area contributed by atoms with Crippen molar-refractivity contribution in [3.63, 3.8) is 0 Å². The van der Waals surface area contributed by atoms with Crippen LogP contribution in [0.2, 0.25) is 0 Å². The molecule has 0 aliphatic carbocycles. The molecular formula is C13H15FN2O2. The monoisotopic (exact) mass is 250 g/mol. The number of carboxylic acids is 1. The summed E-state index contributed by atoms with van der Waals surface area (Å²) in [6.07, 6.45) is 2.96. The van der Waals surface area contributed by atoms with Crippen molar-refractivity contribution in [1.29, 1.82) is 0 Å². The average Bonchev–Trinajstić information content (AvgIpc) is 2.32. The third kappa shape index (κ3) is 2.16. The molecule has 5 heteroatoms. The van der Waals surface area contributed by atoms with E-state index in [9.17, 15) is 14.3 Å². The van der Waals surface area contributed by atoms with Gasteiger partial charge in [0, 0.05) is 13.1 Å². The van der Waals surface area contributed by atoms with Crippen LogP contribution in [0.1, 0.15) is 23.7 Å². The van der Waals surface area contributed by atoms with E-state index in [-0.39, 0.29) is 11.3 Å². The maximum absolute atomic E-state index is 13.3. The van der Waals surface area contributed by atoms with Gasteiger partial charge < -0.3 is 15.7 Å². The molecule has 0 fully saturated rings. The molecule has 0 spiro atoms.